The molecular formula is C14H30N4O2S. The Balaban J connectivity index is 1.88. The molecule has 0 radical (unpaired) electrons. The van der Waals surface area contributed by atoms with E-state index in [1.165, 1.54) is 0 Å². The molecule has 0 aromatic carbocycles. The highest BCUT2D eigenvalue weighted by Gasteiger charge is 2.34. The van der Waals surface area contributed by atoms with E-state index in [4.69, 9.17) is 5.73 Å². The highest BCUT2D eigenvalue weighted by Crippen LogP contribution is 2.21. The van der Waals surface area contributed by atoms with Gasteiger partial charge in [0.1, 0.15) is 0 Å². The second-order valence-electron chi connectivity index (χ2n) is 6.65. The summed E-state index contributed by atoms with van der Waals surface area (Å²) < 4.78 is 28.7. The summed E-state index contributed by atoms with van der Waals surface area (Å²) in [5.41, 5.74) is 5.66. The number of hydrogen-bond donors (Lipinski definition) is 1. The Labute approximate surface area is 129 Å². The normalized spacial score (nSPS) is 28.6. The number of piperazine rings is 1. The molecule has 21 heavy (non-hydrogen) atoms. The molecule has 2 fully saturated rings. The van der Waals surface area contributed by atoms with Crippen molar-refractivity contribution in [2.45, 2.75) is 26.7 Å². The van der Waals surface area contributed by atoms with E-state index in [1.807, 2.05) is 0 Å². The molecule has 0 amide bonds. The number of hydrogen-bond acceptors (Lipinski definition) is 4. The molecule has 2 N–H and O–H groups in total. The molecule has 124 valence electrons. The maximum absolute atomic E-state index is 12.7. The fourth-order valence-corrected chi connectivity index (χ4v) is 4.93. The third-order valence-corrected chi connectivity index (χ3v) is 6.58. The van der Waals surface area contributed by atoms with Crippen LogP contribution in [-0.4, -0.2) is 74.3 Å². The molecule has 0 aliphatic carbocycles. The summed E-state index contributed by atoms with van der Waals surface area (Å²) in [4.78, 5) is 2.32. The predicted molar refractivity (Wildman–Crippen MR) is 85.1 cm³/mol. The number of piperidine rings is 1. The van der Waals surface area contributed by atoms with Gasteiger partial charge >= 0.3 is 0 Å². The van der Waals surface area contributed by atoms with Crippen molar-refractivity contribution in [3.8, 4) is 0 Å². The first kappa shape index (κ1) is 17.1. The second kappa shape index (κ2) is 7.37. The van der Waals surface area contributed by atoms with E-state index in [9.17, 15) is 8.42 Å². The first-order valence-corrected chi connectivity index (χ1v) is 9.50. The molecule has 0 bridgehead atoms. The molecule has 0 aromatic heterocycles. The molecule has 6 nitrogen and oxygen atoms in total. The zero-order valence-electron chi connectivity index (χ0n) is 13.4. The van der Waals surface area contributed by atoms with Crippen molar-refractivity contribution in [3.05, 3.63) is 0 Å². The van der Waals surface area contributed by atoms with Crippen molar-refractivity contribution in [2.75, 3.05) is 52.4 Å². The zero-order valence-corrected chi connectivity index (χ0v) is 14.2. The van der Waals surface area contributed by atoms with E-state index in [0.29, 0.717) is 44.6 Å². The lowest BCUT2D eigenvalue weighted by atomic mass is 10.0. The summed E-state index contributed by atoms with van der Waals surface area (Å²) in [6.45, 7) is 10.1. The van der Waals surface area contributed by atoms with Gasteiger partial charge in [0, 0.05) is 45.8 Å². The summed E-state index contributed by atoms with van der Waals surface area (Å²) in [5.74, 6) is 0.941. The molecule has 2 heterocycles. The van der Waals surface area contributed by atoms with Gasteiger partial charge in [-0.25, -0.2) is 0 Å². The summed E-state index contributed by atoms with van der Waals surface area (Å²) in [7, 11) is -3.26. The third-order valence-electron chi connectivity index (χ3n) is 4.58. The van der Waals surface area contributed by atoms with Crippen LogP contribution in [0.15, 0.2) is 0 Å². The van der Waals surface area contributed by atoms with Gasteiger partial charge in [-0.1, -0.05) is 13.8 Å². The van der Waals surface area contributed by atoms with Gasteiger partial charge in [0.05, 0.1) is 0 Å². The quantitative estimate of drug-likeness (QED) is 0.785. The smallest absolute Gasteiger partial charge is 0.282 e. The van der Waals surface area contributed by atoms with Crippen molar-refractivity contribution in [1.82, 2.24) is 13.5 Å². The van der Waals surface area contributed by atoms with E-state index in [2.05, 4.69) is 18.7 Å². The van der Waals surface area contributed by atoms with Crippen LogP contribution in [0.25, 0.3) is 0 Å². The van der Waals surface area contributed by atoms with Crippen molar-refractivity contribution >= 4 is 10.2 Å². The molecular weight excluding hydrogens is 288 g/mol. The molecule has 2 rings (SSSR count). The molecule has 2 aliphatic heterocycles. The molecule has 7 heteroatoms. The lowest BCUT2D eigenvalue weighted by Crippen LogP contribution is -2.55. The van der Waals surface area contributed by atoms with Gasteiger partial charge in [-0.2, -0.15) is 17.0 Å². The highest BCUT2D eigenvalue weighted by atomic mass is 32.2. The van der Waals surface area contributed by atoms with Gasteiger partial charge in [0.15, 0.2) is 0 Å². The van der Waals surface area contributed by atoms with Gasteiger partial charge in [-0.3, -0.25) is 0 Å². The summed E-state index contributed by atoms with van der Waals surface area (Å²) in [6.07, 6.45) is 2.12. The fourth-order valence-electron chi connectivity index (χ4n) is 3.18. The van der Waals surface area contributed by atoms with Gasteiger partial charge in [-0.05, 0) is 31.2 Å². The topological polar surface area (TPSA) is 69.9 Å². The van der Waals surface area contributed by atoms with Crippen LogP contribution >= 0.6 is 0 Å². The minimum Gasteiger partial charge on any atom is -0.330 e. The Hall–Kier alpha value is -0.210. The van der Waals surface area contributed by atoms with E-state index in [1.54, 1.807) is 8.61 Å². The zero-order chi connectivity index (χ0) is 15.5. The molecule has 2 saturated heterocycles. The van der Waals surface area contributed by atoms with E-state index >= 15 is 0 Å². The van der Waals surface area contributed by atoms with Gasteiger partial charge in [-0.15, -0.1) is 0 Å². The second-order valence-corrected chi connectivity index (χ2v) is 8.58. The first-order valence-electron chi connectivity index (χ1n) is 8.11. The number of nitrogens with zero attached hydrogens (tertiary/aromatic N) is 3. The summed E-state index contributed by atoms with van der Waals surface area (Å²) >= 11 is 0. The molecule has 0 spiro atoms. The molecule has 0 saturated carbocycles. The Bertz CT molecular complexity index is 421. The molecule has 2 unspecified atom stereocenters. The lowest BCUT2D eigenvalue weighted by Gasteiger charge is -2.39. The van der Waals surface area contributed by atoms with Gasteiger partial charge in [0.2, 0.25) is 0 Å². The molecule has 0 aromatic rings. The summed E-state index contributed by atoms with van der Waals surface area (Å²) in [6, 6.07) is 0. The largest absolute Gasteiger partial charge is 0.330 e. The van der Waals surface area contributed by atoms with Crippen molar-refractivity contribution in [1.29, 1.82) is 0 Å². The summed E-state index contributed by atoms with van der Waals surface area (Å²) in [5, 5.41) is 0. The molecule has 2 aliphatic rings. The van der Waals surface area contributed by atoms with Crippen molar-refractivity contribution in [2.24, 2.45) is 17.6 Å². The monoisotopic (exact) mass is 318 g/mol. The van der Waals surface area contributed by atoms with Crippen LogP contribution in [-0.2, 0) is 10.2 Å². The number of rotatable bonds is 5. The van der Waals surface area contributed by atoms with E-state index < -0.39 is 10.2 Å². The maximum Gasteiger partial charge on any atom is 0.282 e. The molecule has 2 atom stereocenters. The standard InChI is InChI=1S/C14H30N4O2S/c1-13-4-3-5-18(12-13)21(19,20)17-8-6-16(7-9-17)11-14(2)10-15/h13-14H,3-12,15H2,1-2H3. The Kier molecular flexibility index (Phi) is 6.02. The fraction of sp³-hybridized carbons (Fsp3) is 1.00. The third kappa shape index (κ3) is 4.39. The predicted octanol–water partition coefficient (Wildman–Crippen LogP) is 0.176. The maximum atomic E-state index is 12.7. The van der Waals surface area contributed by atoms with Crippen LogP contribution in [0.1, 0.15) is 26.7 Å². The van der Waals surface area contributed by atoms with E-state index in [0.717, 1.165) is 32.5 Å². The van der Waals surface area contributed by atoms with Crippen LogP contribution in [0.4, 0.5) is 0 Å². The van der Waals surface area contributed by atoms with Crippen LogP contribution in [0, 0.1) is 11.8 Å². The van der Waals surface area contributed by atoms with Crippen molar-refractivity contribution < 1.29 is 8.42 Å². The SMILES string of the molecule is CC(CN)CN1CCN(S(=O)(=O)N2CCCC(C)C2)CC1. The minimum absolute atomic E-state index is 0.469. The van der Waals surface area contributed by atoms with Crippen LogP contribution in [0.2, 0.25) is 0 Å². The highest BCUT2D eigenvalue weighted by molar-refractivity contribution is 7.86. The minimum atomic E-state index is -3.26. The average molecular weight is 318 g/mol. The average Bonchev–Trinajstić information content (AvgIpc) is 2.47. The number of nitrogens with two attached hydrogens (primary N) is 1. The first-order chi connectivity index (χ1) is 9.93. The Morgan fingerprint density at radius 1 is 1.14 bits per heavy atom. The van der Waals surface area contributed by atoms with E-state index in [-0.39, 0.29) is 0 Å². The Morgan fingerprint density at radius 3 is 2.38 bits per heavy atom. The van der Waals surface area contributed by atoms with Crippen LogP contribution in [0.5, 0.6) is 0 Å². The van der Waals surface area contributed by atoms with Crippen LogP contribution < -0.4 is 5.73 Å². The Morgan fingerprint density at radius 2 is 1.81 bits per heavy atom. The van der Waals surface area contributed by atoms with Crippen molar-refractivity contribution in [3.63, 3.8) is 0 Å². The van der Waals surface area contributed by atoms with Crippen LogP contribution in [0.3, 0.4) is 0 Å². The van der Waals surface area contributed by atoms with Gasteiger partial charge < -0.3 is 10.6 Å². The lowest BCUT2D eigenvalue weighted by molar-refractivity contribution is 0.160. The van der Waals surface area contributed by atoms with Gasteiger partial charge in [0.25, 0.3) is 10.2 Å².